The molecule has 130 valence electrons. The molecule has 4 nitrogen and oxygen atoms in total. The van der Waals surface area contributed by atoms with Gasteiger partial charge in [0.2, 0.25) is 5.91 Å². The van der Waals surface area contributed by atoms with Crippen molar-refractivity contribution in [1.29, 1.82) is 0 Å². The van der Waals surface area contributed by atoms with Crippen LogP contribution in [0.15, 0.2) is 29.3 Å². The molecule has 1 aromatic carbocycles. The second-order valence-electron chi connectivity index (χ2n) is 6.15. The summed E-state index contributed by atoms with van der Waals surface area (Å²) in [6.45, 7) is 10.0. The van der Waals surface area contributed by atoms with Crippen LogP contribution in [0.4, 0.5) is 5.69 Å². The average Bonchev–Trinajstić information content (AvgIpc) is 2.83. The molecule has 1 amide bonds. The summed E-state index contributed by atoms with van der Waals surface area (Å²) in [6.07, 6.45) is 0. The van der Waals surface area contributed by atoms with Crippen molar-refractivity contribution in [3.05, 3.63) is 46.1 Å². The number of carbonyl (C=O) groups is 1. The minimum atomic E-state index is -0.251. The van der Waals surface area contributed by atoms with Crippen molar-refractivity contribution in [2.75, 3.05) is 5.32 Å². The molecule has 0 unspecified atom stereocenters. The van der Waals surface area contributed by atoms with E-state index in [-0.39, 0.29) is 11.2 Å². The molecule has 3 rings (SSSR count). The van der Waals surface area contributed by atoms with Crippen molar-refractivity contribution in [3.8, 4) is 0 Å². The molecular formula is C19H21N3OS2. The summed E-state index contributed by atoms with van der Waals surface area (Å²) in [6, 6.07) is 7.82. The van der Waals surface area contributed by atoms with Crippen LogP contribution in [0.5, 0.6) is 0 Å². The van der Waals surface area contributed by atoms with Crippen LogP contribution < -0.4 is 5.32 Å². The Hall–Kier alpha value is -1.92. The van der Waals surface area contributed by atoms with E-state index in [0.29, 0.717) is 0 Å². The van der Waals surface area contributed by atoms with Crippen LogP contribution in [-0.4, -0.2) is 21.1 Å². The minimum Gasteiger partial charge on any atom is -0.325 e. The van der Waals surface area contributed by atoms with E-state index in [9.17, 15) is 4.79 Å². The molecule has 0 saturated heterocycles. The number of nitrogens with zero attached hydrogens (tertiary/aromatic N) is 2. The van der Waals surface area contributed by atoms with Crippen LogP contribution in [0.3, 0.4) is 0 Å². The number of thiophene rings is 1. The second kappa shape index (κ2) is 7.14. The van der Waals surface area contributed by atoms with Crippen molar-refractivity contribution < 1.29 is 4.79 Å². The monoisotopic (exact) mass is 371 g/mol. The maximum Gasteiger partial charge on any atom is 0.237 e. The first-order valence-electron chi connectivity index (χ1n) is 8.13. The van der Waals surface area contributed by atoms with E-state index in [2.05, 4.69) is 29.1 Å². The molecule has 0 aliphatic heterocycles. The first-order chi connectivity index (χ1) is 11.8. The standard InChI is InChI=1S/C19H21N3OS2/c1-10-6-8-15(9-7-10)22-17(23)13(4)25-19-16-11(2)12(3)24-18(16)20-14(5)21-19/h6-9,13H,1-5H3,(H,22,23)/t13-/m0/s1. The summed E-state index contributed by atoms with van der Waals surface area (Å²) in [5, 5.41) is 4.68. The van der Waals surface area contributed by atoms with E-state index in [1.807, 2.05) is 45.0 Å². The number of anilines is 1. The molecule has 0 saturated carbocycles. The SMILES string of the molecule is Cc1ccc(NC(=O)[C@H](C)Sc2nc(C)nc3sc(C)c(C)c23)cc1. The fraction of sp³-hybridized carbons (Fsp3) is 0.316. The van der Waals surface area contributed by atoms with Gasteiger partial charge in [-0.1, -0.05) is 29.5 Å². The Labute approximate surface area is 156 Å². The third-order valence-corrected chi connectivity index (χ3v) is 6.27. The predicted molar refractivity (Wildman–Crippen MR) is 107 cm³/mol. The summed E-state index contributed by atoms with van der Waals surface area (Å²) in [5.41, 5.74) is 3.19. The van der Waals surface area contributed by atoms with E-state index in [1.165, 1.54) is 27.8 Å². The first kappa shape index (κ1) is 17.9. The van der Waals surface area contributed by atoms with Crippen LogP contribution in [0.2, 0.25) is 0 Å². The number of aryl methyl sites for hydroxylation is 4. The third kappa shape index (κ3) is 3.85. The molecule has 0 spiro atoms. The van der Waals surface area contributed by atoms with Crippen LogP contribution in [0.25, 0.3) is 10.2 Å². The molecule has 0 radical (unpaired) electrons. The van der Waals surface area contributed by atoms with Crippen molar-refractivity contribution in [2.45, 2.75) is 44.9 Å². The maximum absolute atomic E-state index is 12.5. The summed E-state index contributed by atoms with van der Waals surface area (Å²) in [5.74, 6) is 0.713. The molecule has 0 bridgehead atoms. The van der Waals surface area contributed by atoms with E-state index >= 15 is 0 Å². The Morgan fingerprint density at radius 3 is 2.48 bits per heavy atom. The number of thioether (sulfide) groups is 1. The van der Waals surface area contributed by atoms with Gasteiger partial charge in [0, 0.05) is 16.0 Å². The van der Waals surface area contributed by atoms with Gasteiger partial charge in [0.05, 0.1) is 5.25 Å². The number of fused-ring (bicyclic) bond motifs is 1. The highest BCUT2D eigenvalue weighted by molar-refractivity contribution is 8.00. The van der Waals surface area contributed by atoms with Crippen LogP contribution in [0, 0.1) is 27.7 Å². The fourth-order valence-corrected chi connectivity index (χ4v) is 4.69. The van der Waals surface area contributed by atoms with Gasteiger partial charge < -0.3 is 5.32 Å². The molecule has 6 heteroatoms. The lowest BCUT2D eigenvalue weighted by Crippen LogP contribution is -2.22. The zero-order chi connectivity index (χ0) is 18.1. The maximum atomic E-state index is 12.5. The first-order valence-corrected chi connectivity index (χ1v) is 9.83. The van der Waals surface area contributed by atoms with Crippen molar-refractivity contribution in [2.24, 2.45) is 0 Å². The van der Waals surface area contributed by atoms with Gasteiger partial charge in [-0.3, -0.25) is 4.79 Å². The number of aromatic nitrogens is 2. The van der Waals surface area contributed by atoms with Crippen molar-refractivity contribution in [3.63, 3.8) is 0 Å². The highest BCUT2D eigenvalue weighted by atomic mass is 32.2. The van der Waals surface area contributed by atoms with E-state index < -0.39 is 0 Å². The molecule has 3 aromatic rings. The van der Waals surface area contributed by atoms with Crippen LogP contribution in [0.1, 0.15) is 28.8 Å². The number of hydrogen-bond donors (Lipinski definition) is 1. The number of nitrogens with one attached hydrogen (secondary N) is 1. The van der Waals surface area contributed by atoms with Gasteiger partial charge in [0.25, 0.3) is 0 Å². The third-order valence-electron chi connectivity index (χ3n) is 4.08. The highest BCUT2D eigenvalue weighted by Gasteiger charge is 2.20. The van der Waals surface area contributed by atoms with Gasteiger partial charge >= 0.3 is 0 Å². The number of rotatable bonds is 4. The predicted octanol–water partition coefficient (Wildman–Crippen LogP) is 5.04. The quantitative estimate of drug-likeness (QED) is 0.515. The summed E-state index contributed by atoms with van der Waals surface area (Å²) in [7, 11) is 0. The largest absolute Gasteiger partial charge is 0.325 e. The lowest BCUT2D eigenvalue weighted by molar-refractivity contribution is -0.115. The molecule has 1 N–H and O–H groups in total. The zero-order valence-electron chi connectivity index (χ0n) is 15.0. The minimum absolute atomic E-state index is 0.0251. The Kier molecular flexibility index (Phi) is 5.11. The van der Waals surface area contributed by atoms with Gasteiger partial charge in [-0.15, -0.1) is 11.3 Å². The number of carbonyl (C=O) groups excluding carboxylic acids is 1. The second-order valence-corrected chi connectivity index (χ2v) is 8.69. The molecular weight excluding hydrogens is 350 g/mol. The molecule has 0 aliphatic rings. The Bertz CT molecular complexity index is 932. The average molecular weight is 372 g/mol. The topological polar surface area (TPSA) is 54.9 Å². The number of amides is 1. The molecule has 2 heterocycles. The van der Waals surface area contributed by atoms with Crippen LogP contribution >= 0.6 is 23.1 Å². The molecule has 2 aromatic heterocycles. The van der Waals surface area contributed by atoms with Crippen molar-refractivity contribution >= 4 is 44.9 Å². The Balaban J connectivity index is 1.82. The zero-order valence-corrected chi connectivity index (χ0v) is 16.6. The smallest absolute Gasteiger partial charge is 0.237 e. The van der Waals surface area contributed by atoms with Gasteiger partial charge in [-0.2, -0.15) is 0 Å². The van der Waals surface area contributed by atoms with Crippen molar-refractivity contribution in [1.82, 2.24) is 9.97 Å². The molecule has 25 heavy (non-hydrogen) atoms. The number of benzene rings is 1. The van der Waals surface area contributed by atoms with Gasteiger partial charge in [0.1, 0.15) is 15.7 Å². The highest BCUT2D eigenvalue weighted by Crippen LogP contribution is 2.36. The van der Waals surface area contributed by atoms with E-state index in [1.54, 1.807) is 11.3 Å². The van der Waals surface area contributed by atoms with E-state index in [0.717, 1.165) is 26.8 Å². The summed E-state index contributed by atoms with van der Waals surface area (Å²) in [4.78, 5) is 23.9. The lowest BCUT2D eigenvalue weighted by Gasteiger charge is -2.13. The number of hydrogen-bond acceptors (Lipinski definition) is 5. The van der Waals surface area contributed by atoms with Gasteiger partial charge in [0.15, 0.2) is 0 Å². The van der Waals surface area contributed by atoms with E-state index in [4.69, 9.17) is 0 Å². The lowest BCUT2D eigenvalue weighted by atomic mass is 10.2. The molecule has 0 aliphatic carbocycles. The summed E-state index contributed by atoms with van der Waals surface area (Å²) < 4.78 is 0. The molecule has 0 fully saturated rings. The van der Waals surface area contributed by atoms with Gasteiger partial charge in [-0.25, -0.2) is 9.97 Å². The van der Waals surface area contributed by atoms with Crippen LogP contribution in [-0.2, 0) is 4.79 Å². The Morgan fingerprint density at radius 2 is 1.80 bits per heavy atom. The Morgan fingerprint density at radius 1 is 1.12 bits per heavy atom. The fourth-order valence-electron chi connectivity index (χ4n) is 2.50. The normalized spacial score (nSPS) is 12.4. The van der Waals surface area contributed by atoms with Gasteiger partial charge in [-0.05, 0) is 52.3 Å². The molecule has 1 atom stereocenters. The summed E-state index contributed by atoms with van der Waals surface area (Å²) >= 11 is 3.17.